The van der Waals surface area contributed by atoms with Crippen LogP contribution in [0, 0.1) is 0 Å². The average Bonchev–Trinajstić information content (AvgIpc) is 3.50. The number of ether oxygens (including phenoxy) is 1. The Bertz CT molecular complexity index is 1300. The number of carbonyl (C=O) groups excluding carboxylic acids is 2. The number of unbranched alkanes of at least 4 members (excludes halogenated alkanes) is 59. The third-order valence-corrected chi connectivity index (χ3v) is 18.0. The van der Waals surface area contributed by atoms with E-state index in [9.17, 15) is 19.8 Å². The predicted molar refractivity (Wildman–Crippen MR) is 366 cm³/mol. The SMILES string of the molecule is CCCCCCCCCCCCCCCCCCCCCC/C=C/C(O)C(CO)NC(=O)CCCCCCCCCCCCCCCCCCC/C=C\CCCCCCCCCCCCCCOC(=O)CCCCCCCCCCCCC. The maximum atomic E-state index is 12.5. The van der Waals surface area contributed by atoms with Gasteiger partial charge in [0.1, 0.15) is 0 Å². The number of amides is 1. The van der Waals surface area contributed by atoms with Crippen molar-refractivity contribution in [2.75, 3.05) is 13.2 Å². The van der Waals surface area contributed by atoms with Gasteiger partial charge in [-0.3, -0.25) is 9.59 Å². The summed E-state index contributed by atoms with van der Waals surface area (Å²) < 4.78 is 5.48. The molecule has 0 rings (SSSR count). The summed E-state index contributed by atoms with van der Waals surface area (Å²) in [5.74, 6) is -0.0412. The summed E-state index contributed by atoms with van der Waals surface area (Å²) in [6.07, 6.45) is 92.9. The highest BCUT2D eigenvalue weighted by atomic mass is 16.5. The molecule has 1 amide bonds. The molecule has 0 aromatic heterocycles. The zero-order valence-corrected chi connectivity index (χ0v) is 56.5. The van der Waals surface area contributed by atoms with Gasteiger partial charge in [0.15, 0.2) is 0 Å². The normalized spacial score (nSPS) is 12.6. The van der Waals surface area contributed by atoms with Gasteiger partial charge >= 0.3 is 5.97 Å². The first-order valence-corrected chi connectivity index (χ1v) is 38.1. The van der Waals surface area contributed by atoms with Gasteiger partial charge in [-0.1, -0.05) is 385 Å². The number of rotatable bonds is 72. The number of nitrogens with one attached hydrogen (secondary N) is 1. The molecule has 0 aliphatic carbocycles. The highest BCUT2D eigenvalue weighted by Crippen LogP contribution is 2.19. The minimum absolute atomic E-state index is 0.0189. The lowest BCUT2D eigenvalue weighted by molar-refractivity contribution is -0.143. The molecule has 2 atom stereocenters. The van der Waals surface area contributed by atoms with Gasteiger partial charge in [0.2, 0.25) is 5.91 Å². The van der Waals surface area contributed by atoms with Crippen LogP contribution in [0.4, 0.5) is 0 Å². The maximum Gasteiger partial charge on any atom is 0.305 e. The lowest BCUT2D eigenvalue weighted by atomic mass is 10.0. The van der Waals surface area contributed by atoms with Crippen molar-refractivity contribution in [3.63, 3.8) is 0 Å². The van der Waals surface area contributed by atoms with Crippen LogP contribution in [-0.2, 0) is 14.3 Å². The second-order valence-corrected chi connectivity index (χ2v) is 26.3. The van der Waals surface area contributed by atoms with E-state index in [0.717, 1.165) is 38.5 Å². The van der Waals surface area contributed by atoms with Crippen LogP contribution in [0.5, 0.6) is 0 Å². The van der Waals surface area contributed by atoms with Crippen LogP contribution >= 0.6 is 0 Å². The van der Waals surface area contributed by atoms with Gasteiger partial charge in [0, 0.05) is 12.8 Å². The molecule has 0 aliphatic rings. The fourth-order valence-corrected chi connectivity index (χ4v) is 12.2. The zero-order valence-electron chi connectivity index (χ0n) is 56.5. The Labute approximate surface area is 520 Å². The van der Waals surface area contributed by atoms with Crippen molar-refractivity contribution in [2.24, 2.45) is 0 Å². The van der Waals surface area contributed by atoms with Crippen molar-refractivity contribution in [1.82, 2.24) is 5.32 Å². The number of aliphatic hydroxyl groups is 2. The highest BCUT2D eigenvalue weighted by Gasteiger charge is 2.18. The summed E-state index contributed by atoms with van der Waals surface area (Å²) in [6, 6.07) is -0.626. The van der Waals surface area contributed by atoms with Gasteiger partial charge in [0.25, 0.3) is 0 Å². The van der Waals surface area contributed by atoms with E-state index in [1.54, 1.807) is 6.08 Å². The summed E-state index contributed by atoms with van der Waals surface area (Å²) in [5, 5.41) is 23.3. The molecule has 0 aliphatic heterocycles. The van der Waals surface area contributed by atoms with Crippen LogP contribution in [0.15, 0.2) is 24.3 Å². The number of hydrogen-bond donors (Lipinski definition) is 3. The topological polar surface area (TPSA) is 95.9 Å². The smallest absolute Gasteiger partial charge is 0.305 e. The Morgan fingerprint density at radius 3 is 0.855 bits per heavy atom. The van der Waals surface area contributed by atoms with Gasteiger partial charge in [0.05, 0.1) is 25.4 Å². The molecule has 83 heavy (non-hydrogen) atoms. The summed E-state index contributed by atoms with van der Waals surface area (Å²) in [5.41, 5.74) is 0. The molecule has 6 heteroatoms. The molecular formula is C77H149NO5. The number of aliphatic hydroxyl groups excluding tert-OH is 2. The molecule has 0 spiro atoms. The van der Waals surface area contributed by atoms with Crippen molar-refractivity contribution < 1.29 is 24.5 Å². The predicted octanol–water partition coefficient (Wildman–Crippen LogP) is 24.9. The van der Waals surface area contributed by atoms with Gasteiger partial charge in [-0.05, 0) is 57.8 Å². The van der Waals surface area contributed by atoms with E-state index < -0.39 is 12.1 Å². The van der Waals surface area contributed by atoms with E-state index in [0.29, 0.717) is 19.4 Å². The van der Waals surface area contributed by atoms with Crippen LogP contribution in [-0.4, -0.2) is 47.4 Å². The Morgan fingerprint density at radius 1 is 0.325 bits per heavy atom. The quantitative estimate of drug-likeness (QED) is 0.0320. The second-order valence-electron chi connectivity index (χ2n) is 26.3. The summed E-state index contributed by atoms with van der Waals surface area (Å²) in [7, 11) is 0. The van der Waals surface area contributed by atoms with Crippen LogP contribution in [0.3, 0.4) is 0 Å². The van der Waals surface area contributed by atoms with Crippen LogP contribution in [0.2, 0.25) is 0 Å². The molecule has 0 bridgehead atoms. The van der Waals surface area contributed by atoms with E-state index in [1.807, 2.05) is 6.08 Å². The van der Waals surface area contributed by atoms with Gasteiger partial charge in [-0.2, -0.15) is 0 Å². The Kier molecular flexibility index (Phi) is 71.4. The molecule has 0 aromatic rings. The van der Waals surface area contributed by atoms with Gasteiger partial charge in [-0.25, -0.2) is 0 Å². The van der Waals surface area contributed by atoms with Crippen molar-refractivity contribution >= 4 is 11.9 Å². The minimum atomic E-state index is -0.843. The molecular weight excluding hydrogens is 1020 g/mol. The number of carbonyl (C=O) groups is 2. The zero-order chi connectivity index (χ0) is 59.9. The minimum Gasteiger partial charge on any atom is -0.466 e. The van der Waals surface area contributed by atoms with E-state index in [2.05, 4.69) is 31.3 Å². The average molecular weight is 1170 g/mol. The van der Waals surface area contributed by atoms with E-state index in [4.69, 9.17) is 4.74 Å². The molecule has 0 radical (unpaired) electrons. The monoisotopic (exact) mass is 1170 g/mol. The summed E-state index contributed by atoms with van der Waals surface area (Å²) >= 11 is 0. The molecule has 0 fully saturated rings. The molecule has 2 unspecified atom stereocenters. The fraction of sp³-hybridized carbons (Fsp3) is 0.922. The molecule has 0 saturated heterocycles. The maximum absolute atomic E-state index is 12.5. The standard InChI is InChI=1S/C77H149NO5/c1-3-5-7-9-11-13-15-16-17-18-19-20-34-37-40-43-46-50-53-57-61-65-69-75(80)74(73-79)78-76(81)70-66-62-58-54-51-47-44-41-38-35-32-30-28-26-24-22-21-23-25-27-29-31-33-36-39-42-45-48-52-56-60-64-68-72-83-77(82)71-67-63-59-55-49-14-12-10-8-6-4-2/h25,27,65,69,74-75,79-80H,3-24,26,28-64,66-68,70-73H2,1-2H3,(H,78,81)/b27-25-,69-65+. The number of allylic oxidation sites excluding steroid dienone is 3. The molecule has 0 heterocycles. The molecule has 0 aromatic carbocycles. The van der Waals surface area contributed by atoms with E-state index in [-0.39, 0.29) is 18.5 Å². The lowest BCUT2D eigenvalue weighted by Gasteiger charge is -2.20. The Balaban J connectivity index is 3.38. The Hall–Kier alpha value is -1.66. The van der Waals surface area contributed by atoms with Crippen molar-refractivity contribution in [2.45, 2.75) is 443 Å². The van der Waals surface area contributed by atoms with Crippen molar-refractivity contribution in [3.8, 4) is 0 Å². The summed E-state index contributed by atoms with van der Waals surface area (Å²) in [4.78, 5) is 24.6. The van der Waals surface area contributed by atoms with Gasteiger partial charge < -0.3 is 20.3 Å². The van der Waals surface area contributed by atoms with Crippen molar-refractivity contribution in [3.05, 3.63) is 24.3 Å². The Morgan fingerprint density at radius 2 is 0.566 bits per heavy atom. The first-order valence-electron chi connectivity index (χ1n) is 38.1. The fourth-order valence-electron chi connectivity index (χ4n) is 12.2. The van der Waals surface area contributed by atoms with Crippen molar-refractivity contribution in [1.29, 1.82) is 0 Å². The molecule has 3 N–H and O–H groups in total. The molecule has 6 nitrogen and oxygen atoms in total. The molecule has 492 valence electrons. The first kappa shape index (κ1) is 81.3. The highest BCUT2D eigenvalue weighted by molar-refractivity contribution is 5.76. The third kappa shape index (κ3) is 69.3. The second kappa shape index (κ2) is 72.8. The lowest BCUT2D eigenvalue weighted by Crippen LogP contribution is -2.45. The van der Waals surface area contributed by atoms with E-state index >= 15 is 0 Å². The number of hydrogen-bond acceptors (Lipinski definition) is 5. The van der Waals surface area contributed by atoms with E-state index in [1.165, 1.54) is 366 Å². The summed E-state index contributed by atoms with van der Waals surface area (Å²) in [6.45, 7) is 4.95. The largest absolute Gasteiger partial charge is 0.466 e. The number of esters is 1. The first-order chi connectivity index (χ1) is 41.0. The van der Waals surface area contributed by atoms with Crippen LogP contribution in [0.1, 0.15) is 431 Å². The van der Waals surface area contributed by atoms with Crippen LogP contribution < -0.4 is 5.32 Å². The molecule has 0 saturated carbocycles. The van der Waals surface area contributed by atoms with Crippen LogP contribution in [0.25, 0.3) is 0 Å². The van der Waals surface area contributed by atoms with Gasteiger partial charge in [-0.15, -0.1) is 0 Å². The third-order valence-electron chi connectivity index (χ3n) is 18.0.